The van der Waals surface area contributed by atoms with Crippen LogP contribution in [0.1, 0.15) is 36.9 Å². The highest BCUT2D eigenvalue weighted by Gasteiger charge is 2.26. The number of piperidine rings is 1. The number of carbonyl (C=O) groups is 1. The van der Waals surface area contributed by atoms with Crippen LogP contribution in [0.25, 0.3) is 11.0 Å². The van der Waals surface area contributed by atoms with Gasteiger partial charge < -0.3 is 14.8 Å². The highest BCUT2D eigenvalue weighted by molar-refractivity contribution is 5.80. The Kier molecular flexibility index (Phi) is 6.13. The summed E-state index contributed by atoms with van der Waals surface area (Å²) in [6.07, 6.45) is 6.74. The fourth-order valence-corrected chi connectivity index (χ4v) is 4.36. The van der Waals surface area contributed by atoms with E-state index in [1.807, 2.05) is 26.2 Å². The summed E-state index contributed by atoms with van der Waals surface area (Å²) in [5.74, 6) is -0.109. The normalized spacial score (nSPS) is 16.6. The molecule has 0 aliphatic carbocycles. The van der Waals surface area contributed by atoms with Crippen LogP contribution in [0.4, 0.5) is 4.39 Å². The van der Waals surface area contributed by atoms with Gasteiger partial charge in [-0.2, -0.15) is 0 Å². The van der Waals surface area contributed by atoms with Crippen molar-refractivity contribution in [2.75, 3.05) is 19.6 Å². The number of fused-ring (bicyclic) bond motifs is 1. The van der Waals surface area contributed by atoms with Crippen LogP contribution < -0.4 is 5.32 Å². The summed E-state index contributed by atoms with van der Waals surface area (Å²) in [4.78, 5) is 19.6. The number of aryl methyl sites for hydroxylation is 1. The third kappa shape index (κ3) is 4.54. The van der Waals surface area contributed by atoms with Crippen molar-refractivity contribution in [3.63, 3.8) is 0 Å². The highest BCUT2D eigenvalue weighted by Crippen LogP contribution is 2.22. The Morgan fingerprint density at radius 2 is 1.97 bits per heavy atom. The first-order chi connectivity index (χ1) is 14.5. The lowest BCUT2D eigenvalue weighted by atomic mass is 9.95. The van der Waals surface area contributed by atoms with Gasteiger partial charge in [0.2, 0.25) is 5.91 Å². The summed E-state index contributed by atoms with van der Waals surface area (Å²) in [5, 5.41) is 4.32. The second-order valence-electron chi connectivity index (χ2n) is 8.29. The maximum Gasteiger partial charge on any atom is 0.223 e. The molecule has 5 nitrogen and oxygen atoms in total. The van der Waals surface area contributed by atoms with Crippen LogP contribution in [-0.2, 0) is 18.3 Å². The molecule has 3 heterocycles. The molecule has 1 aromatic carbocycles. The summed E-state index contributed by atoms with van der Waals surface area (Å²) < 4.78 is 15.2. The fourth-order valence-electron chi connectivity index (χ4n) is 4.36. The van der Waals surface area contributed by atoms with Crippen molar-refractivity contribution in [1.82, 2.24) is 19.8 Å². The number of hydrogen-bond acceptors (Lipinski definition) is 3. The zero-order valence-corrected chi connectivity index (χ0v) is 17.6. The SMILES string of the molecule is C[C@H](NC(=O)C1CCN(CCc2cn(C)c3ncccc23)CC1)c1ccc(F)cc1. The van der Waals surface area contributed by atoms with Crippen molar-refractivity contribution in [1.29, 1.82) is 0 Å². The summed E-state index contributed by atoms with van der Waals surface area (Å²) in [6, 6.07) is 10.3. The number of amides is 1. The lowest BCUT2D eigenvalue weighted by molar-refractivity contribution is -0.127. The van der Waals surface area contributed by atoms with Crippen molar-refractivity contribution < 1.29 is 9.18 Å². The average molecular weight is 409 g/mol. The van der Waals surface area contributed by atoms with Gasteiger partial charge in [-0.05, 0) is 74.7 Å². The van der Waals surface area contributed by atoms with Gasteiger partial charge in [-0.1, -0.05) is 12.1 Å². The first-order valence-corrected chi connectivity index (χ1v) is 10.7. The Bertz CT molecular complexity index is 1010. The minimum atomic E-state index is -0.260. The van der Waals surface area contributed by atoms with Crippen molar-refractivity contribution >= 4 is 16.9 Å². The number of halogens is 1. The van der Waals surface area contributed by atoms with Crippen LogP contribution >= 0.6 is 0 Å². The number of pyridine rings is 1. The van der Waals surface area contributed by atoms with Gasteiger partial charge in [-0.15, -0.1) is 0 Å². The molecule has 0 bridgehead atoms. The lowest BCUT2D eigenvalue weighted by Gasteiger charge is -2.31. The molecule has 0 unspecified atom stereocenters. The van der Waals surface area contributed by atoms with Gasteiger partial charge in [0.25, 0.3) is 0 Å². The summed E-state index contributed by atoms with van der Waals surface area (Å²) in [6.45, 7) is 4.81. The van der Waals surface area contributed by atoms with Crippen molar-refractivity contribution in [3.05, 3.63) is 65.7 Å². The van der Waals surface area contributed by atoms with E-state index < -0.39 is 0 Å². The quantitative estimate of drug-likeness (QED) is 0.674. The standard InChI is InChI=1S/C24H29FN4O/c1-17(18-5-7-21(25)8-6-18)27-24(30)19-9-13-29(14-10-19)15-11-20-16-28(2)23-22(20)4-3-12-26-23/h3-8,12,16-17,19H,9-11,13-15H2,1-2H3,(H,27,30)/t17-/m0/s1. The topological polar surface area (TPSA) is 50.2 Å². The molecule has 3 aromatic rings. The maximum atomic E-state index is 13.1. The predicted octanol–water partition coefficient (Wildman–Crippen LogP) is 3.84. The molecule has 30 heavy (non-hydrogen) atoms. The van der Waals surface area contributed by atoms with Gasteiger partial charge in [0, 0.05) is 37.3 Å². The molecule has 4 rings (SSSR count). The molecular formula is C24H29FN4O. The van der Waals surface area contributed by atoms with E-state index in [0.29, 0.717) is 0 Å². The van der Waals surface area contributed by atoms with Crippen molar-refractivity contribution in [3.8, 4) is 0 Å². The number of aromatic nitrogens is 2. The highest BCUT2D eigenvalue weighted by atomic mass is 19.1. The largest absolute Gasteiger partial charge is 0.349 e. The van der Waals surface area contributed by atoms with Gasteiger partial charge >= 0.3 is 0 Å². The van der Waals surface area contributed by atoms with Crippen LogP contribution in [0.15, 0.2) is 48.8 Å². The molecule has 1 N–H and O–H groups in total. The van der Waals surface area contributed by atoms with E-state index in [2.05, 4.69) is 32.0 Å². The predicted molar refractivity (Wildman–Crippen MR) is 117 cm³/mol. The zero-order valence-electron chi connectivity index (χ0n) is 17.6. The molecule has 1 atom stereocenters. The summed E-state index contributed by atoms with van der Waals surface area (Å²) in [5.41, 5.74) is 3.28. The number of benzene rings is 1. The first-order valence-electron chi connectivity index (χ1n) is 10.7. The molecule has 158 valence electrons. The van der Waals surface area contributed by atoms with Gasteiger partial charge in [0.1, 0.15) is 11.5 Å². The molecule has 1 aliphatic heterocycles. The monoisotopic (exact) mass is 408 g/mol. The second kappa shape index (κ2) is 8.96. The summed E-state index contributed by atoms with van der Waals surface area (Å²) in [7, 11) is 2.04. The molecule has 1 saturated heterocycles. The fraction of sp³-hybridized carbons (Fsp3) is 0.417. The van der Waals surface area contributed by atoms with Gasteiger partial charge in [0.05, 0.1) is 6.04 Å². The van der Waals surface area contributed by atoms with E-state index in [1.54, 1.807) is 12.1 Å². The van der Waals surface area contributed by atoms with E-state index in [0.717, 1.165) is 50.1 Å². The Morgan fingerprint density at radius 3 is 2.70 bits per heavy atom. The Morgan fingerprint density at radius 1 is 1.23 bits per heavy atom. The third-order valence-electron chi connectivity index (χ3n) is 6.20. The summed E-state index contributed by atoms with van der Waals surface area (Å²) >= 11 is 0. The smallest absolute Gasteiger partial charge is 0.223 e. The Balaban J connectivity index is 1.26. The molecule has 6 heteroatoms. The second-order valence-corrected chi connectivity index (χ2v) is 8.29. The molecule has 2 aromatic heterocycles. The lowest BCUT2D eigenvalue weighted by Crippen LogP contribution is -2.41. The zero-order chi connectivity index (χ0) is 21.1. The Labute approximate surface area is 176 Å². The van der Waals surface area contributed by atoms with Crippen LogP contribution in [-0.4, -0.2) is 40.0 Å². The minimum Gasteiger partial charge on any atom is -0.349 e. The Hall–Kier alpha value is -2.73. The van der Waals surface area contributed by atoms with Gasteiger partial charge in [0.15, 0.2) is 0 Å². The third-order valence-corrected chi connectivity index (χ3v) is 6.20. The molecule has 0 saturated carbocycles. The van der Waals surface area contributed by atoms with E-state index in [9.17, 15) is 9.18 Å². The van der Waals surface area contributed by atoms with Gasteiger partial charge in [-0.3, -0.25) is 4.79 Å². The molecule has 1 aliphatic rings. The number of nitrogens with one attached hydrogen (secondary N) is 1. The van der Waals surface area contributed by atoms with Crippen LogP contribution in [0.5, 0.6) is 0 Å². The average Bonchev–Trinajstić information content (AvgIpc) is 3.09. The maximum absolute atomic E-state index is 13.1. The van der Waals surface area contributed by atoms with Crippen LogP contribution in [0.2, 0.25) is 0 Å². The minimum absolute atomic E-state index is 0.0471. The van der Waals surface area contributed by atoms with Crippen LogP contribution in [0, 0.1) is 11.7 Å². The van der Waals surface area contributed by atoms with E-state index in [-0.39, 0.29) is 23.7 Å². The number of rotatable bonds is 6. The number of likely N-dealkylation sites (tertiary alicyclic amines) is 1. The van der Waals surface area contributed by atoms with Crippen molar-refractivity contribution in [2.45, 2.75) is 32.2 Å². The van der Waals surface area contributed by atoms with E-state index in [4.69, 9.17) is 0 Å². The van der Waals surface area contributed by atoms with Crippen LogP contribution in [0.3, 0.4) is 0 Å². The number of nitrogens with zero attached hydrogens (tertiary/aromatic N) is 3. The first kappa shape index (κ1) is 20.5. The molecule has 0 spiro atoms. The van der Waals surface area contributed by atoms with Gasteiger partial charge in [-0.25, -0.2) is 9.37 Å². The molecule has 1 amide bonds. The molecule has 0 radical (unpaired) electrons. The van der Waals surface area contributed by atoms with E-state index in [1.165, 1.54) is 23.1 Å². The molecular weight excluding hydrogens is 379 g/mol. The molecule has 1 fully saturated rings. The van der Waals surface area contributed by atoms with Crippen molar-refractivity contribution in [2.24, 2.45) is 13.0 Å². The number of hydrogen-bond donors (Lipinski definition) is 1. The van der Waals surface area contributed by atoms with E-state index >= 15 is 0 Å². The number of carbonyl (C=O) groups excluding carboxylic acids is 1.